The monoisotopic (exact) mass is 397 g/mol. The van der Waals surface area contributed by atoms with E-state index in [1.807, 2.05) is 55.5 Å². The van der Waals surface area contributed by atoms with Crippen molar-refractivity contribution < 1.29 is 9.53 Å². The van der Waals surface area contributed by atoms with Gasteiger partial charge < -0.3 is 4.74 Å². The maximum Gasteiger partial charge on any atom is 0.147 e. The number of carbonyl (C=O) groups excluding carboxylic acids is 1. The zero-order valence-electron chi connectivity index (χ0n) is 15.0. The molecule has 3 nitrogen and oxygen atoms in total. The van der Waals surface area contributed by atoms with Crippen molar-refractivity contribution in [2.75, 3.05) is 5.75 Å². The number of halogens is 1. The molecule has 0 fully saturated rings. The summed E-state index contributed by atoms with van der Waals surface area (Å²) in [4.78, 5) is 16.8. The number of hydrogen-bond acceptors (Lipinski definition) is 4. The lowest BCUT2D eigenvalue weighted by atomic mass is 10.1. The third kappa shape index (κ3) is 5.84. The summed E-state index contributed by atoms with van der Waals surface area (Å²) in [5.74, 6) is 1.16. The highest BCUT2D eigenvalue weighted by atomic mass is 35.5. The lowest BCUT2D eigenvalue weighted by Crippen LogP contribution is -2.08. The fourth-order valence-corrected chi connectivity index (χ4v) is 3.62. The van der Waals surface area contributed by atoms with Crippen LogP contribution in [0.15, 0.2) is 71.9 Å². The molecule has 1 aromatic heterocycles. The molecular formula is C22H20ClNO2S. The van der Waals surface area contributed by atoms with Gasteiger partial charge in [0.1, 0.15) is 18.1 Å². The van der Waals surface area contributed by atoms with Crippen LogP contribution in [0.2, 0.25) is 5.02 Å². The van der Waals surface area contributed by atoms with Crippen LogP contribution in [0.4, 0.5) is 0 Å². The number of nitrogens with zero attached hydrogens (tertiary/aromatic N) is 1. The van der Waals surface area contributed by atoms with Gasteiger partial charge in [-0.2, -0.15) is 0 Å². The number of hydrogen-bond donors (Lipinski definition) is 0. The van der Waals surface area contributed by atoms with Gasteiger partial charge in [-0.05, 0) is 42.3 Å². The van der Waals surface area contributed by atoms with Gasteiger partial charge in [-0.3, -0.25) is 4.79 Å². The Morgan fingerprint density at radius 1 is 1.11 bits per heavy atom. The van der Waals surface area contributed by atoms with Crippen molar-refractivity contribution in [2.45, 2.75) is 25.0 Å². The van der Waals surface area contributed by atoms with E-state index < -0.39 is 0 Å². The third-order valence-corrected chi connectivity index (χ3v) is 5.38. The van der Waals surface area contributed by atoms with Crippen LogP contribution in [0.25, 0.3) is 0 Å². The molecule has 5 heteroatoms. The van der Waals surface area contributed by atoms with E-state index in [1.165, 1.54) is 11.8 Å². The van der Waals surface area contributed by atoms with Crippen molar-refractivity contribution in [3.63, 3.8) is 0 Å². The number of rotatable bonds is 8. The van der Waals surface area contributed by atoms with E-state index in [0.717, 1.165) is 21.7 Å². The van der Waals surface area contributed by atoms with Gasteiger partial charge >= 0.3 is 0 Å². The van der Waals surface area contributed by atoms with Gasteiger partial charge in [0.05, 0.1) is 10.8 Å². The van der Waals surface area contributed by atoms with Gasteiger partial charge in [0.25, 0.3) is 0 Å². The SMILES string of the molecule is Cc1cccnc1SCC(=O)Cc1cc(Cl)ccc1OCc1ccccc1. The number of benzene rings is 2. The Hall–Kier alpha value is -2.30. The zero-order valence-corrected chi connectivity index (χ0v) is 16.6. The fourth-order valence-electron chi connectivity index (χ4n) is 2.60. The van der Waals surface area contributed by atoms with Gasteiger partial charge in [-0.25, -0.2) is 4.98 Å². The Kier molecular flexibility index (Phi) is 6.91. The number of Topliss-reactive ketones (excluding diaryl/α,β-unsaturated/α-hetero) is 1. The molecule has 0 aliphatic heterocycles. The lowest BCUT2D eigenvalue weighted by Gasteiger charge is -2.12. The van der Waals surface area contributed by atoms with Crippen molar-refractivity contribution in [1.29, 1.82) is 0 Å². The predicted octanol–water partition coefficient (Wildman–Crippen LogP) is 5.53. The van der Waals surface area contributed by atoms with Crippen LogP contribution in [0.1, 0.15) is 16.7 Å². The second kappa shape index (κ2) is 9.58. The molecule has 0 aliphatic carbocycles. The Bertz CT molecular complexity index is 915. The number of thioether (sulfide) groups is 1. The summed E-state index contributed by atoms with van der Waals surface area (Å²) in [6.45, 7) is 2.44. The van der Waals surface area contributed by atoms with Crippen LogP contribution >= 0.6 is 23.4 Å². The predicted molar refractivity (Wildman–Crippen MR) is 111 cm³/mol. The molecule has 0 radical (unpaired) electrons. The molecule has 1 heterocycles. The van der Waals surface area contributed by atoms with Crippen LogP contribution in [0.5, 0.6) is 5.75 Å². The van der Waals surface area contributed by atoms with E-state index in [9.17, 15) is 4.79 Å². The highest BCUT2D eigenvalue weighted by Gasteiger charge is 2.12. The molecule has 3 aromatic rings. The number of ketones is 1. The summed E-state index contributed by atoms with van der Waals surface area (Å²) in [5.41, 5.74) is 2.96. The molecule has 0 saturated heterocycles. The number of ether oxygens (including phenoxy) is 1. The summed E-state index contributed by atoms with van der Waals surface area (Å²) >= 11 is 7.59. The minimum atomic E-state index is 0.108. The average molecular weight is 398 g/mol. The fraction of sp³-hybridized carbons (Fsp3) is 0.182. The minimum absolute atomic E-state index is 0.108. The summed E-state index contributed by atoms with van der Waals surface area (Å²) in [7, 11) is 0. The second-order valence-electron chi connectivity index (χ2n) is 6.16. The Morgan fingerprint density at radius 2 is 1.93 bits per heavy atom. The Balaban J connectivity index is 1.63. The second-order valence-corrected chi connectivity index (χ2v) is 7.56. The molecule has 138 valence electrons. The van der Waals surface area contributed by atoms with Crippen molar-refractivity contribution in [3.8, 4) is 5.75 Å². The molecule has 0 N–H and O–H groups in total. The number of aryl methyl sites for hydroxylation is 1. The molecule has 0 unspecified atom stereocenters. The molecule has 0 aliphatic rings. The highest BCUT2D eigenvalue weighted by Crippen LogP contribution is 2.26. The molecule has 3 rings (SSSR count). The van der Waals surface area contributed by atoms with E-state index in [4.69, 9.17) is 16.3 Å². The number of aromatic nitrogens is 1. The quantitative estimate of drug-likeness (QED) is 0.469. The van der Waals surface area contributed by atoms with Gasteiger partial charge in [-0.1, -0.05) is 59.8 Å². The zero-order chi connectivity index (χ0) is 19.1. The Labute approximate surface area is 168 Å². The first kappa shape index (κ1) is 19.5. The standard InChI is InChI=1S/C22H20ClNO2S/c1-16-6-5-11-24-22(16)27-15-20(25)13-18-12-19(23)9-10-21(18)26-14-17-7-3-2-4-8-17/h2-12H,13-15H2,1H3. The van der Waals surface area contributed by atoms with Crippen LogP contribution < -0.4 is 4.74 Å². The first-order valence-electron chi connectivity index (χ1n) is 8.63. The molecule has 0 atom stereocenters. The molecular weight excluding hydrogens is 378 g/mol. The van der Waals surface area contributed by atoms with Gasteiger partial charge in [-0.15, -0.1) is 0 Å². The average Bonchev–Trinajstić information content (AvgIpc) is 2.67. The van der Waals surface area contributed by atoms with Crippen LogP contribution in [-0.2, 0) is 17.8 Å². The molecule has 0 amide bonds. The number of carbonyl (C=O) groups is 1. The smallest absolute Gasteiger partial charge is 0.147 e. The topological polar surface area (TPSA) is 39.2 Å². The minimum Gasteiger partial charge on any atom is -0.489 e. The van der Waals surface area contributed by atoms with Crippen LogP contribution in [-0.4, -0.2) is 16.5 Å². The van der Waals surface area contributed by atoms with Crippen LogP contribution in [0, 0.1) is 6.92 Å². The van der Waals surface area contributed by atoms with Crippen molar-refractivity contribution in [3.05, 3.63) is 88.6 Å². The van der Waals surface area contributed by atoms with E-state index in [-0.39, 0.29) is 12.2 Å². The highest BCUT2D eigenvalue weighted by molar-refractivity contribution is 7.99. The van der Waals surface area contributed by atoms with E-state index in [1.54, 1.807) is 18.3 Å². The van der Waals surface area contributed by atoms with Gasteiger partial charge in [0.15, 0.2) is 0 Å². The van der Waals surface area contributed by atoms with E-state index >= 15 is 0 Å². The summed E-state index contributed by atoms with van der Waals surface area (Å²) < 4.78 is 5.93. The van der Waals surface area contributed by atoms with Gasteiger partial charge in [0.2, 0.25) is 0 Å². The summed E-state index contributed by atoms with van der Waals surface area (Å²) in [6, 6.07) is 19.2. The van der Waals surface area contributed by atoms with Gasteiger partial charge in [0, 0.05) is 23.2 Å². The lowest BCUT2D eigenvalue weighted by molar-refractivity contribution is -0.116. The third-order valence-electron chi connectivity index (χ3n) is 3.98. The van der Waals surface area contributed by atoms with Crippen molar-refractivity contribution >= 4 is 29.1 Å². The number of pyridine rings is 1. The summed E-state index contributed by atoms with van der Waals surface area (Å²) in [5, 5.41) is 1.48. The summed E-state index contributed by atoms with van der Waals surface area (Å²) in [6.07, 6.45) is 2.02. The van der Waals surface area contributed by atoms with E-state index in [2.05, 4.69) is 4.98 Å². The van der Waals surface area contributed by atoms with Crippen molar-refractivity contribution in [2.24, 2.45) is 0 Å². The first-order valence-corrected chi connectivity index (χ1v) is 9.99. The Morgan fingerprint density at radius 3 is 2.70 bits per heavy atom. The largest absolute Gasteiger partial charge is 0.489 e. The molecule has 2 aromatic carbocycles. The molecule has 0 bridgehead atoms. The van der Waals surface area contributed by atoms with Crippen LogP contribution in [0.3, 0.4) is 0 Å². The normalized spacial score (nSPS) is 10.6. The van der Waals surface area contributed by atoms with E-state index in [0.29, 0.717) is 23.1 Å². The molecule has 0 spiro atoms. The molecule has 27 heavy (non-hydrogen) atoms. The maximum absolute atomic E-state index is 12.5. The van der Waals surface area contributed by atoms with Crippen molar-refractivity contribution in [1.82, 2.24) is 4.98 Å². The maximum atomic E-state index is 12.5. The first-order chi connectivity index (χ1) is 13.1. The molecule has 0 saturated carbocycles.